The summed E-state index contributed by atoms with van der Waals surface area (Å²) in [5.74, 6) is 1.33. The molecule has 2 N–H and O–H groups in total. The van der Waals surface area contributed by atoms with E-state index < -0.39 is 6.04 Å². The van der Waals surface area contributed by atoms with Gasteiger partial charge in [0, 0.05) is 17.8 Å². The average molecular weight is 499 g/mol. The Morgan fingerprint density at radius 3 is 2.58 bits per heavy atom. The van der Waals surface area contributed by atoms with Crippen LogP contribution in [-0.4, -0.2) is 32.4 Å². The Balaban J connectivity index is 1.61. The second-order valence-electron chi connectivity index (χ2n) is 8.68. The Hall–Kier alpha value is -4.17. The normalized spacial score (nSPS) is 15.7. The molecule has 0 saturated carbocycles. The number of phenols is 1. The fourth-order valence-electron chi connectivity index (χ4n) is 4.39. The zero-order valence-corrected chi connectivity index (χ0v) is 21.0. The number of phenolic OH excluding ortho intramolecular Hbond substituents is 1. The minimum atomic E-state index is -0.410. The van der Waals surface area contributed by atoms with E-state index in [1.807, 2.05) is 67.3 Å². The minimum Gasteiger partial charge on any atom is -0.504 e. The topological polar surface area (TPSA) is 83.7 Å². The quantitative estimate of drug-likeness (QED) is 0.331. The van der Waals surface area contributed by atoms with Gasteiger partial charge in [-0.3, -0.25) is 0 Å². The number of aromatic hydroxyl groups is 1. The molecule has 1 atom stereocenters. The van der Waals surface area contributed by atoms with E-state index in [9.17, 15) is 5.11 Å². The van der Waals surface area contributed by atoms with Crippen LogP contribution in [0.25, 0.3) is 17.0 Å². The molecule has 1 aliphatic rings. The van der Waals surface area contributed by atoms with Crippen molar-refractivity contribution in [3.05, 3.63) is 101 Å². The van der Waals surface area contributed by atoms with Gasteiger partial charge in [0.15, 0.2) is 16.6 Å². The molecule has 0 fully saturated rings. The van der Waals surface area contributed by atoms with Crippen molar-refractivity contribution in [3.63, 3.8) is 0 Å². The van der Waals surface area contributed by atoms with Crippen molar-refractivity contribution in [1.82, 2.24) is 20.4 Å². The number of nitrogens with one attached hydrogen (secondary N) is 1. The van der Waals surface area contributed by atoms with Crippen LogP contribution in [0.5, 0.6) is 11.5 Å². The van der Waals surface area contributed by atoms with Gasteiger partial charge in [-0.25, -0.2) is 0 Å². The Morgan fingerprint density at radius 2 is 1.86 bits per heavy atom. The third-order valence-electron chi connectivity index (χ3n) is 6.25. The monoisotopic (exact) mass is 498 g/mol. The molecule has 36 heavy (non-hydrogen) atoms. The fraction of sp³-hybridized carbons (Fsp3) is 0.179. The predicted octanol–water partition coefficient (Wildman–Crippen LogP) is 5.62. The number of aryl methyl sites for hydroxylation is 1. The van der Waals surface area contributed by atoms with Crippen molar-refractivity contribution in [1.29, 1.82) is 0 Å². The molecular weight excluding hydrogens is 472 g/mol. The van der Waals surface area contributed by atoms with Crippen LogP contribution in [0.1, 0.15) is 35.5 Å². The number of aromatic nitrogens is 2. The van der Waals surface area contributed by atoms with E-state index in [4.69, 9.17) is 26.5 Å². The molecule has 0 saturated heterocycles. The first kappa shape index (κ1) is 23.6. The lowest BCUT2D eigenvalue weighted by atomic mass is 9.94. The molecule has 182 valence electrons. The first-order valence-electron chi connectivity index (χ1n) is 11.6. The third-order valence-corrected chi connectivity index (χ3v) is 6.59. The molecule has 7 nitrogen and oxygen atoms in total. The Labute approximate surface area is 215 Å². The van der Waals surface area contributed by atoms with Gasteiger partial charge in [0.1, 0.15) is 0 Å². The van der Waals surface area contributed by atoms with Gasteiger partial charge in [-0.05, 0) is 55.4 Å². The Kier molecular flexibility index (Phi) is 6.43. The maximum atomic E-state index is 10.5. The summed E-state index contributed by atoms with van der Waals surface area (Å²) in [6, 6.07) is 23.0. The molecule has 1 aromatic heterocycles. The minimum absolute atomic E-state index is 0.0393. The summed E-state index contributed by atoms with van der Waals surface area (Å²) in [4.78, 5) is 6.79. The highest BCUT2D eigenvalue weighted by molar-refractivity contribution is 7.80. The molecule has 8 heteroatoms. The summed E-state index contributed by atoms with van der Waals surface area (Å²) in [6.07, 6.45) is 0. The van der Waals surface area contributed by atoms with Crippen molar-refractivity contribution in [3.8, 4) is 22.9 Å². The predicted molar refractivity (Wildman–Crippen MR) is 142 cm³/mol. The van der Waals surface area contributed by atoms with Crippen molar-refractivity contribution in [2.24, 2.45) is 0 Å². The van der Waals surface area contributed by atoms with Crippen molar-refractivity contribution >= 4 is 22.9 Å². The second-order valence-corrected chi connectivity index (χ2v) is 9.06. The van der Waals surface area contributed by atoms with Gasteiger partial charge in [-0.1, -0.05) is 65.3 Å². The second kappa shape index (κ2) is 9.83. The molecule has 0 radical (unpaired) electrons. The average Bonchev–Trinajstić information content (AvgIpc) is 3.36. The molecule has 2 heterocycles. The van der Waals surface area contributed by atoms with Crippen molar-refractivity contribution in [2.75, 3.05) is 7.11 Å². The molecule has 1 aliphatic heterocycles. The summed E-state index contributed by atoms with van der Waals surface area (Å²) in [7, 11) is 1.52. The molecule has 1 unspecified atom stereocenters. The lowest BCUT2D eigenvalue weighted by Gasteiger charge is -2.37. The molecule has 0 amide bonds. The number of thiocarbonyl (C=S) groups is 1. The van der Waals surface area contributed by atoms with Crippen molar-refractivity contribution in [2.45, 2.75) is 26.4 Å². The summed E-state index contributed by atoms with van der Waals surface area (Å²) in [6.45, 7) is 4.61. The highest BCUT2D eigenvalue weighted by Crippen LogP contribution is 2.40. The summed E-state index contributed by atoms with van der Waals surface area (Å²) < 4.78 is 11.0. The van der Waals surface area contributed by atoms with Gasteiger partial charge in [-0.2, -0.15) is 4.98 Å². The van der Waals surface area contributed by atoms with Crippen LogP contribution in [0, 0.1) is 6.92 Å². The smallest absolute Gasteiger partial charge is 0.258 e. The highest BCUT2D eigenvalue weighted by atomic mass is 32.1. The summed E-state index contributed by atoms with van der Waals surface area (Å²) >= 11 is 5.79. The number of hydrogen-bond acceptors (Lipinski definition) is 6. The number of rotatable bonds is 6. The molecule has 4 aromatic rings. The van der Waals surface area contributed by atoms with E-state index in [0.717, 1.165) is 33.5 Å². The Morgan fingerprint density at radius 1 is 1.06 bits per heavy atom. The Bertz CT molecular complexity index is 1450. The largest absolute Gasteiger partial charge is 0.504 e. The van der Waals surface area contributed by atoms with Gasteiger partial charge in [0.05, 0.1) is 18.7 Å². The highest BCUT2D eigenvalue weighted by Gasteiger charge is 2.34. The number of ether oxygens (including phenoxy) is 1. The van der Waals surface area contributed by atoms with Gasteiger partial charge in [-0.15, -0.1) is 0 Å². The molecule has 0 spiro atoms. The van der Waals surface area contributed by atoms with E-state index >= 15 is 0 Å². The van der Waals surface area contributed by atoms with Crippen LogP contribution in [0.15, 0.2) is 83.0 Å². The fourth-order valence-corrected chi connectivity index (χ4v) is 4.70. The summed E-state index contributed by atoms with van der Waals surface area (Å²) in [5.41, 5.74) is 5.58. The number of hydrogen-bond donors (Lipinski definition) is 2. The first-order chi connectivity index (χ1) is 17.4. The van der Waals surface area contributed by atoms with Crippen LogP contribution < -0.4 is 10.1 Å². The lowest BCUT2D eigenvalue weighted by Crippen LogP contribution is -2.45. The summed E-state index contributed by atoms with van der Waals surface area (Å²) in [5, 5.41) is 18.7. The van der Waals surface area contributed by atoms with E-state index in [-0.39, 0.29) is 5.75 Å². The van der Waals surface area contributed by atoms with E-state index in [1.165, 1.54) is 7.11 Å². The lowest BCUT2D eigenvalue weighted by molar-refractivity contribution is 0.372. The maximum absolute atomic E-state index is 10.5. The van der Waals surface area contributed by atoms with Crippen LogP contribution in [-0.2, 0) is 6.54 Å². The molecular formula is C28H26N4O3S. The van der Waals surface area contributed by atoms with Crippen LogP contribution in [0.3, 0.4) is 0 Å². The van der Waals surface area contributed by atoms with Gasteiger partial charge < -0.3 is 24.6 Å². The number of allylic oxidation sites excluding steroid dienone is 1. The molecule has 5 rings (SSSR count). The van der Waals surface area contributed by atoms with Crippen molar-refractivity contribution < 1.29 is 14.4 Å². The van der Waals surface area contributed by atoms with E-state index in [2.05, 4.69) is 22.6 Å². The number of nitrogens with zero attached hydrogens (tertiary/aromatic N) is 3. The number of benzene rings is 3. The first-order valence-corrected chi connectivity index (χ1v) is 12.0. The molecule has 0 bridgehead atoms. The maximum Gasteiger partial charge on any atom is 0.258 e. The zero-order chi connectivity index (χ0) is 25.2. The van der Waals surface area contributed by atoms with E-state index in [1.54, 1.807) is 12.1 Å². The van der Waals surface area contributed by atoms with Crippen LogP contribution in [0.2, 0.25) is 0 Å². The van der Waals surface area contributed by atoms with Gasteiger partial charge >= 0.3 is 0 Å². The number of methoxy groups -OCH3 is 1. The third kappa shape index (κ3) is 4.55. The SMILES string of the molecule is COc1ccc(C2NC(=S)N(Cc3ccccc3)C(C)=C2c2nc(-c3cccc(C)c3)no2)cc1O. The van der Waals surface area contributed by atoms with Gasteiger partial charge in [0.25, 0.3) is 5.89 Å². The molecule has 3 aromatic carbocycles. The van der Waals surface area contributed by atoms with Crippen LogP contribution >= 0.6 is 12.2 Å². The zero-order valence-electron chi connectivity index (χ0n) is 20.2. The van der Waals surface area contributed by atoms with E-state index in [0.29, 0.717) is 29.1 Å². The standard InChI is InChI=1S/C28H26N4O3S/c1-17-8-7-11-21(14-17)26-30-27(35-31-26)24-18(2)32(16-19-9-5-4-6-10-19)28(36)29-25(24)20-12-13-23(34-3)22(33)15-20/h4-15,25,33H,16H2,1-3H3,(H,29,36). The van der Waals surface area contributed by atoms with Gasteiger partial charge in [0.2, 0.25) is 5.82 Å². The molecule has 0 aliphatic carbocycles. The van der Waals surface area contributed by atoms with Crippen LogP contribution in [0.4, 0.5) is 0 Å².